The topological polar surface area (TPSA) is 39.2 Å². The number of benzene rings is 2. The van der Waals surface area contributed by atoms with Crippen molar-refractivity contribution < 1.29 is 13.2 Å². The van der Waals surface area contributed by atoms with Crippen LogP contribution in [0, 0.1) is 11.6 Å². The summed E-state index contributed by atoms with van der Waals surface area (Å²) in [6.45, 7) is 0. The fourth-order valence-corrected chi connectivity index (χ4v) is 2.38. The van der Waals surface area contributed by atoms with E-state index in [-0.39, 0.29) is 6.04 Å². The van der Waals surface area contributed by atoms with Gasteiger partial charge in [-0.25, -0.2) is 8.78 Å². The number of hydrogen-bond acceptors (Lipinski definition) is 2. The van der Waals surface area contributed by atoms with Crippen molar-refractivity contribution in [3.05, 3.63) is 71.5 Å². The Morgan fingerprint density at radius 1 is 1.05 bits per heavy atom. The molecular formula is C16H13F2NO. The summed E-state index contributed by atoms with van der Waals surface area (Å²) in [5, 5.41) is 0.928. The lowest BCUT2D eigenvalue weighted by molar-refractivity contribution is 0.574. The van der Waals surface area contributed by atoms with Gasteiger partial charge in [-0.2, -0.15) is 0 Å². The second kappa shape index (κ2) is 5.06. The lowest BCUT2D eigenvalue weighted by Gasteiger charge is -2.10. The number of fused-ring (bicyclic) bond motifs is 1. The van der Waals surface area contributed by atoms with Crippen molar-refractivity contribution in [2.45, 2.75) is 12.5 Å². The van der Waals surface area contributed by atoms with Crippen LogP contribution in [0.4, 0.5) is 8.78 Å². The van der Waals surface area contributed by atoms with Gasteiger partial charge in [0.05, 0.1) is 6.26 Å². The van der Waals surface area contributed by atoms with Gasteiger partial charge in [0.2, 0.25) is 0 Å². The predicted octanol–water partition coefficient (Wildman–Crippen LogP) is 3.95. The summed E-state index contributed by atoms with van der Waals surface area (Å²) in [5.41, 5.74) is 8.25. The van der Waals surface area contributed by atoms with Crippen LogP contribution in [-0.2, 0) is 6.42 Å². The lowest BCUT2D eigenvalue weighted by Crippen LogP contribution is -2.13. The molecule has 20 heavy (non-hydrogen) atoms. The van der Waals surface area contributed by atoms with E-state index in [2.05, 4.69) is 0 Å². The number of rotatable bonds is 3. The summed E-state index contributed by atoms with van der Waals surface area (Å²) >= 11 is 0. The molecule has 2 N–H and O–H groups in total. The van der Waals surface area contributed by atoms with E-state index in [0.29, 0.717) is 12.0 Å². The molecule has 0 aliphatic rings. The third-order valence-electron chi connectivity index (χ3n) is 3.29. The second-order valence-corrected chi connectivity index (χ2v) is 4.78. The van der Waals surface area contributed by atoms with Crippen LogP contribution in [-0.4, -0.2) is 0 Å². The first-order valence-electron chi connectivity index (χ1n) is 6.30. The van der Waals surface area contributed by atoms with Gasteiger partial charge in [0, 0.05) is 23.1 Å². The van der Waals surface area contributed by atoms with E-state index in [1.165, 1.54) is 12.1 Å². The number of hydrogen-bond donors (Lipinski definition) is 1. The Kier molecular flexibility index (Phi) is 3.24. The van der Waals surface area contributed by atoms with E-state index in [9.17, 15) is 8.78 Å². The summed E-state index contributed by atoms with van der Waals surface area (Å²) in [6, 6.07) is 10.6. The molecule has 0 amide bonds. The van der Waals surface area contributed by atoms with Crippen molar-refractivity contribution in [1.29, 1.82) is 0 Å². The molecule has 1 aromatic heterocycles. The Balaban J connectivity index is 1.91. The number of para-hydroxylation sites is 1. The maximum Gasteiger partial charge on any atom is 0.134 e. The normalized spacial score (nSPS) is 12.8. The molecule has 0 fully saturated rings. The highest BCUT2D eigenvalue weighted by Crippen LogP contribution is 2.27. The van der Waals surface area contributed by atoms with Crippen molar-refractivity contribution in [3.8, 4) is 0 Å². The molecular weight excluding hydrogens is 260 g/mol. The van der Waals surface area contributed by atoms with E-state index in [1.54, 1.807) is 6.26 Å². The average molecular weight is 273 g/mol. The molecule has 3 rings (SSSR count). The van der Waals surface area contributed by atoms with E-state index in [1.807, 2.05) is 24.3 Å². The van der Waals surface area contributed by atoms with Crippen molar-refractivity contribution in [2.24, 2.45) is 5.73 Å². The highest BCUT2D eigenvalue weighted by Gasteiger charge is 2.14. The van der Waals surface area contributed by atoms with Crippen LogP contribution in [0.1, 0.15) is 17.2 Å². The predicted molar refractivity (Wildman–Crippen MR) is 73.2 cm³/mol. The van der Waals surface area contributed by atoms with Crippen molar-refractivity contribution in [3.63, 3.8) is 0 Å². The summed E-state index contributed by atoms with van der Waals surface area (Å²) < 4.78 is 31.8. The minimum atomic E-state index is -0.593. The molecule has 0 saturated heterocycles. The molecule has 2 nitrogen and oxygen atoms in total. The van der Waals surface area contributed by atoms with Crippen molar-refractivity contribution in [2.75, 3.05) is 0 Å². The van der Waals surface area contributed by atoms with Crippen LogP contribution in [0.3, 0.4) is 0 Å². The number of furan rings is 1. The molecule has 102 valence electrons. The van der Waals surface area contributed by atoms with Gasteiger partial charge in [0.25, 0.3) is 0 Å². The Hall–Kier alpha value is -2.20. The van der Waals surface area contributed by atoms with Crippen LogP contribution < -0.4 is 5.73 Å². The first-order chi connectivity index (χ1) is 9.63. The third kappa shape index (κ3) is 2.42. The monoisotopic (exact) mass is 273 g/mol. The molecule has 4 heteroatoms. The zero-order valence-corrected chi connectivity index (χ0v) is 10.6. The largest absolute Gasteiger partial charge is 0.464 e. The molecule has 3 aromatic rings. The second-order valence-electron chi connectivity index (χ2n) is 4.78. The van der Waals surface area contributed by atoms with E-state index in [0.717, 1.165) is 22.6 Å². The Bertz CT molecular complexity index is 731. The summed E-state index contributed by atoms with van der Waals surface area (Å²) in [6.07, 6.45) is 1.95. The van der Waals surface area contributed by atoms with E-state index in [4.69, 9.17) is 10.2 Å². The fourth-order valence-electron chi connectivity index (χ4n) is 2.38. The molecule has 0 spiro atoms. The molecule has 2 aromatic carbocycles. The molecule has 1 atom stereocenters. The molecule has 1 heterocycles. The maximum absolute atomic E-state index is 13.2. The van der Waals surface area contributed by atoms with Gasteiger partial charge in [-0.15, -0.1) is 0 Å². The molecule has 1 unspecified atom stereocenters. The van der Waals surface area contributed by atoms with Gasteiger partial charge < -0.3 is 10.2 Å². The Morgan fingerprint density at radius 3 is 2.50 bits per heavy atom. The molecule has 0 radical (unpaired) electrons. The third-order valence-corrected chi connectivity index (χ3v) is 3.29. The van der Waals surface area contributed by atoms with Gasteiger partial charge in [0.1, 0.15) is 17.2 Å². The van der Waals surface area contributed by atoms with Gasteiger partial charge >= 0.3 is 0 Å². The average Bonchev–Trinajstić information content (AvgIpc) is 2.81. The van der Waals surface area contributed by atoms with E-state index < -0.39 is 11.6 Å². The molecule has 0 bridgehead atoms. The maximum atomic E-state index is 13.2. The number of halogens is 2. The van der Waals surface area contributed by atoms with Crippen LogP contribution in [0.25, 0.3) is 11.0 Å². The summed E-state index contributed by atoms with van der Waals surface area (Å²) in [4.78, 5) is 0. The van der Waals surface area contributed by atoms with Crippen LogP contribution >= 0.6 is 0 Å². The van der Waals surface area contributed by atoms with Crippen molar-refractivity contribution in [1.82, 2.24) is 0 Å². The first-order valence-corrected chi connectivity index (χ1v) is 6.30. The zero-order valence-electron chi connectivity index (χ0n) is 10.6. The number of nitrogens with two attached hydrogens (primary N) is 1. The first kappa shape index (κ1) is 12.8. The quantitative estimate of drug-likeness (QED) is 0.784. The smallest absolute Gasteiger partial charge is 0.134 e. The lowest BCUT2D eigenvalue weighted by atomic mass is 9.99. The van der Waals surface area contributed by atoms with Crippen LogP contribution in [0.2, 0.25) is 0 Å². The van der Waals surface area contributed by atoms with Crippen LogP contribution in [0.15, 0.2) is 53.1 Å². The highest BCUT2D eigenvalue weighted by atomic mass is 19.1. The minimum Gasteiger partial charge on any atom is -0.464 e. The summed E-state index contributed by atoms with van der Waals surface area (Å²) in [7, 11) is 0. The van der Waals surface area contributed by atoms with E-state index >= 15 is 0 Å². The van der Waals surface area contributed by atoms with Gasteiger partial charge in [-0.3, -0.25) is 0 Å². The Morgan fingerprint density at radius 2 is 1.75 bits per heavy atom. The summed E-state index contributed by atoms with van der Waals surface area (Å²) in [5.74, 6) is -1.19. The van der Waals surface area contributed by atoms with Crippen molar-refractivity contribution >= 4 is 11.0 Å². The van der Waals surface area contributed by atoms with Gasteiger partial charge in [0.15, 0.2) is 0 Å². The van der Waals surface area contributed by atoms with Gasteiger partial charge in [-0.05, 0) is 30.2 Å². The minimum absolute atomic E-state index is 0.345. The molecule has 0 saturated carbocycles. The zero-order chi connectivity index (χ0) is 14.1. The Labute approximate surface area is 114 Å². The molecule has 0 aliphatic heterocycles. The standard InChI is InChI=1S/C16H13F2NO/c17-11-5-10(6-12(18)8-11)7-15(19)14-9-20-16-4-2-1-3-13(14)16/h1-6,8-9,15H,7,19H2. The fraction of sp³-hybridized carbons (Fsp3) is 0.125. The SMILES string of the molecule is NC(Cc1cc(F)cc(F)c1)c1coc2ccccc12. The van der Waals surface area contributed by atoms with Gasteiger partial charge in [-0.1, -0.05) is 18.2 Å². The highest BCUT2D eigenvalue weighted by molar-refractivity contribution is 5.81. The van der Waals surface area contributed by atoms with Crippen LogP contribution in [0.5, 0.6) is 0 Å². The molecule has 0 aliphatic carbocycles.